The zero-order chi connectivity index (χ0) is 16.7. The molecule has 0 aromatic heterocycles. The van der Waals surface area contributed by atoms with Crippen molar-refractivity contribution in [1.82, 2.24) is 0 Å². The molecule has 1 N–H and O–H groups in total. The van der Waals surface area contributed by atoms with Crippen molar-refractivity contribution in [1.29, 1.82) is 0 Å². The number of ether oxygens (including phenoxy) is 2. The predicted octanol–water partition coefficient (Wildman–Crippen LogP) is 4.91. The highest BCUT2D eigenvalue weighted by Crippen LogP contribution is 2.19. The first-order valence-electron chi connectivity index (χ1n) is 8.23. The highest BCUT2D eigenvalue weighted by Gasteiger charge is 2.05. The molecule has 1 unspecified atom stereocenters. The monoisotopic (exact) mass is 313 g/mol. The van der Waals surface area contributed by atoms with Crippen LogP contribution in [0, 0.1) is 12.8 Å². The number of hydrogen-bond acceptors (Lipinski definition) is 3. The third-order valence-electron chi connectivity index (χ3n) is 3.34. The summed E-state index contributed by atoms with van der Waals surface area (Å²) >= 11 is 0. The van der Waals surface area contributed by atoms with E-state index in [9.17, 15) is 0 Å². The number of nitrogens with one attached hydrogen (secondary N) is 1. The third-order valence-corrected chi connectivity index (χ3v) is 3.34. The van der Waals surface area contributed by atoms with Crippen LogP contribution in [0.5, 0.6) is 11.5 Å². The van der Waals surface area contributed by atoms with Crippen LogP contribution >= 0.6 is 0 Å². The zero-order valence-electron chi connectivity index (χ0n) is 14.5. The molecule has 0 saturated carbocycles. The second kappa shape index (κ2) is 8.47. The summed E-state index contributed by atoms with van der Waals surface area (Å²) in [7, 11) is 0. The molecule has 0 fully saturated rings. The summed E-state index contributed by atoms with van der Waals surface area (Å²) in [6.07, 6.45) is 0.0806. The minimum Gasteiger partial charge on any atom is -0.493 e. The van der Waals surface area contributed by atoms with E-state index in [1.807, 2.05) is 36.4 Å². The van der Waals surface area contributed by atoms with Crippen LogP contribution in [-0.4, -0.2) is 19.3 Å². The second-order valence-corrected chi connectivity index (χ2v) is 6.36. The van der Waals surface area contributed by atoms with E-state index < -0.39 is 0 Å². The van der Waals surface area contributed by atoms with Crippen LogP contribution in [0.4, 0.5) is 5.69 Å². The maximum atomic E-state index is 5.93. The Hall–Kier alpha value is -2.16. The van der Waals surface area contributed by atoms with E-state index in [-0.39, 0.29) is 6.10 Å². The lowest BCUT2D eigenvalue weighted by atomic mass is 10.2. The highest BCUT2D eigenvalue weighted by molar-refractivity contribution is 5.48. The van der Waals surface area contributed by atoms with E-state index >= 15 is 0 Å². The molecule has 0 saturated heterocycles. The van der Waals surface area contributed by atoms with Crippen molar-refractivity contribution in [2.45, 2.75) is 33.8 Å². The van der Waals surface area contributed by atoms with E-state index in [0.29, 0.717) is 5.92 Å². The number of benzene rings is 2. The first-order valence-corrected chi connectivity index (χ1v) is 8.23. The zero-order valence-corrected chi connectivity index (χ0v) is 14.5. The van der Waals surface area contributed by atoms with Crippen molar-refractivity contribution in [3.05, 3.63) is 54.1 Å². The molecule has 2 aromatic carbocycles. The number of rotatable bonds is 8. The van der Waals surface area contributed by atoms with Crippen LogP contribution < -0.4 is 14.8 Å². The molecule has 3 nitrogen and oxygen atoms in total. The Morgan fingerprint density at radius 3 is 2.43 bits per heavy atom. The van der Waals surface area contributed by atoms with Gasteiger partial charge in [-0.1, -0.05) is 32.0 Å². The van der Waals surface area contributed by atoms with E-state index in [1.165, 1.54) is 5.56 Å². The Labute approximate surface area is 139 Å². The molecule has 0 aliphatic heterocycles. The van der Waals surface area contributed by atoms with Gasteiger partial charge in [0.2, 0.25) is 0 Å². The summed E-state index contributed by atoms with van der Waals surface area (Å²) in [5, 5.41) is 3.40. The van der Waals surface area contributed by atoms with Crippen LogP contribution in [0.1, 0.15) is 26.3 Å². The molecule has 0 aliphatic carbocycles. The highest BCUT2D eigenvalue weighted by atomic mass is 16.5. The molecule has 0 radical (unpaired) electrons. The molecule has 124 valence electrons. The molecular formula is C20H27NO2. The van der Waals surface area contributed by atoms with Gasteiger partial charge in [0, 0.05) is 11.8 Å². The molecule has 0 spiro atoms. The Balaban J connectivity index is 1.84. The van der Waals surface area contributed by atoms with Crippen LogP contribution in [-0.2, 0) is 0 Å². The Morgan fingerprint density at radius 2 is 1.70 bits per heavy atom. The average Bonchev–Trinajstić information content (AvgIpc) is 2.51. The minimum absolute atomic E-state index is 0.0806. The second-order valence-electron chi connectivity index (χ2n) is 6.36. The van der Waals surface area contributed by atoms with Gasteiger partial charge < -0.3 is 14.8 Å². The first kappa shape index (κ1) is 17.2. The first-order chi connectivity index (χ1) is 11.0. The Morgan fingerprint density at radius 1 is 0.957 bits per heavy atom. The topological polar surface area (TPSA) is 30.5 Å². The van der Waals surface area contributed by atoms with Crippen molar-refractivity contribution in [3.63, 3.8) is 0 Å². The smallest absolute Gasteiger partial charge is 0.121 e. The molecular weight excluding hydrogens is 286 g/mol. The van der Waals surface area contributed by atoms with E-state index in [4.69, 9.17) is 9.47 Å². The molecule has 2 rings (SSSR count). The number of anilines is 1. The summed E-state index contributed by atoms with van der Waals surface area (Å²) in [5.41, 5.74) is 2.25. The standard InChI is InChI=1S/C20H27NO2/c1-15(2)14-22-19-9-6-8-18(12-19)21-13-17(4)23-20-10-5-7-16(3)11-20/h5-12,15,17,21H,13-14H2,1-4H3. The van der Waals surface area contributed by atoms with Crippen molar-refractivity contribution < 1.29 is 9.47 Å². The van der Waals surface area contributed by atoms with Gasteiger partial charge in [-0.15, -0.1) is 0 Å². The van der Waals surface area contributed by atoms with Gasteiger partial charge in [0.1, 0.15) is 17.6 Å². The van der Waals surface area contributed by atoms with Crippen LogP contribution in [0.2, 0.25) is 0 Å². The molecule has 3 heteroatoms. The van der Waals surface area contributed by atoms with Crippen LogP contribution in [0.3, 0.4) is 0 Å². The van der Waals surface area contributed by atoms with Gasteiger partial charge in [-0.3, -0.25) is 0 Å². The third kappa shape index (κ3) is 6.23. The molecule has 0 heterocycles. The van der Waals surface area contributed by atoms with Gasteiger partial charge >= 0.3 is 0 Å². The van der Waals surface area contributed by atoms with E-state index in [0.717, 1.165) is 30.3 Å². The van der Waals surface area contributed by atoms with E-state index in [2.05, 4.69) is 45.1 Å². The fraction of sp³-hybridized carbons (Fsp3) is 0.400. The summed E-state index contributed by atoms with van der Waals surface area (Å²) in [5.74, 6) is 2.33. The van der Waals surface area contributed by atoms with Gasteiger partial charge in [-0.25, -0.2) is 0 Å². The molecule has 1 atom stereocenters. The molecule has 0 aliphatic rings. The maximum Gasteiger partial charge on any atom is 0.121 e. The van der Waals surface area contributed by atoms with Crippen molar-refractivity contribution in [3.8, 4) is 11.5 Å². The largest absolute Gasteiger partial charge is 0.493 e. The van der Waals surface area contributed by atoms with Crippen molar-refractivity contribution in [2.75, 3.05) is 18.5 Å². The lowest BCUT2D eigenvalue weighted by Crippen LogP contribution is -2.22. The molecule has 2 aromatic rings. The summed E-state index contributed by atoms with van der Waals surface area (Å²) in [6.45, 7) is 9.89. The average molecular weight is 313 g/mol. The minimum atomic E-state index is 0.0806. The fourth-order valence-electron chi connectivity index (χ4n) is 2.18. The number of hydrogen-bond donors (Lipinski definition) is 1. The normalized spacial score (nSPS) is 12.0. The fourth-order valence-corrected chi connectivity index (χ4v) is 2.18. The molecule has 0 amide bonds. The summed E-state index contributed by atoms with van der Waals surface area (Å²) in [4.78, 5) is 0. The maximum absolute atomic E-state index is 5.93. The lowest BCUT2D eigenvalue weighted by Gasteiger charge is -2.17. The quantitative estimate of drug-likeness (QED) is 0.751. The van der Waals surface area contributed by atoms with Crippen molar-refractivity contribution >= 4 is 5.69 Å². The van der Waals surface area contributed by atoms with Gasteiger partial charge in [0.25, 0.3) is 0 Å². The molecule has 0 bridgehead atoms. The van der Waals surface area contributed by atoms with Gasteiger partial charge in [-0.2, -0.15) is 0 Å². The van der Waals surface area contributed by atoms with Crippen molar-refractivity contribution in [2.24, 2.45) is 5.92 Å². The van der Waals surface area contributed by atoms with Gasteiger partial charge in [-0.05, 0) is 49.6 Å². The molecule has 23 heavy (non-hydrogen) atoms. The summed E-state index contributed by atoms with van der Waals surface area (Å²) in [6, 6.07) is 16.2. The predicted molar refractivity (Wildman–Crippen MR) is 96.5 cm³/mol. The van der Waals surface area contributed by atoms with Gasteiger partial charge in [0.15, 0.2) is 0 Å². The SMILES string of the molecule is Cc1cccc(OC(C)CNc2cccc(OCC(C)C)c2)c1. The van der Waals surface area contributed by atoms with Gasteiger partial charge in [0.05, 0.1) is 13.2 Å². The van der Waals surface area contributed by atoms with Crippen LogP contribution in [0.25, 0.3) is 0 Å². The Bertz CT molecular complexity index is 610. The number of aryl methyl sites for hydroxylation is 1. The Kier molecular flexibility index (Phi) is 6.33. The lowest BCUT2D eigenvalue weighted by molar-refractivity contribution is 0.234. The van der Waals surface area contributed by atoms with E-state index in [1.54, 1.807) is 0 Å². The summed E-state index contributed by atoms with van der Waals surface area (Å²) < 4.78 is 11.7. The van der Waals surface area contributed by atoms with Crippen LogP contribution in [0.15, 0.2) is 48.5 Å².